The number of aromatic nitrogens is 1. The van der Waals surface area contributed by atoms with Gasteiger partial charge in [0.25, 0.3) is 5.91 Å². The fourth-order valence-corrected chi connectivity index (χ4v) is 2.42. The molecule has 2 aromatic carbocycles. The van der Waals surface area contributed by atoms with Crippen molar-refractivity contribution in [2.75, 3.05) is 19.5 Å². The molecule has 2 N–H and O–H groups in total. The van der Waals surface area contributed by atoms with E-state index in [0.717, 1.165) is 10.9 Å². The van der Waals surface area contributed by atoms with Crippen LogP contribution in [0, 0.1) is 0 Å². The lowest BCUT2D eigenvalue weighted by Gasteiger charge is -2.06. The van der Waals surface area contributed by atoms with Crippen LogP contribution in [0.5, 0.6) is 5.75 Å². The highest BCUT2D eigenvalue weighted by molar-refractivity contribution is 6.13. The highest BCUT2D eigenvalue weighted by atomic mass is 16.5. The highest BCUT2D eigenvalue weighted by Gasteiger charge is 2.13. The lowest BCUT2D eigenvalue weighted by molar-refractivity contribution is 0.0600. The van der Waals surface area contributed by atoms with E-state index >= 15 is 0 Å². The van der Waals surface area contributed by atoms with Gasteiger partial charge in [-0.05, 0) is 42.5 Å². The minimum Gasteiger partial charge on any atom is -0.497 e. The number of fused-ring (bicyclic) bond motifs is 1. The Hall–Kier alpha value is -3.28. The van der Waals surface area contributed by atoms with Crippen molar-refractivity contribution >= 4 is 28.5 Å². The average molecular weight is 324 g/mol. The van der Waals surface area contributed by atoms with Crippen LogP contribution in [0.3, 0.4) is 0 Å². The van der Waals surface area contributed by atoms with E-state index in [2.05, 4.69) is 15.0 Å². The third kappa shape index (κ3) is 2.94. The number of carbonyl (C=O) groups excluding carboxylic acids is 2. The van der Waals surface area contributed by atoms with Crippen LogP contribution in [0.1, 0.15) is 20.7 Å². The Balaban J connectivity index is 1.83. The minimum atomic E-state index is -0.420. The van der Waals surface area contributed by atoms with Crippen LogP contribution in [0.15, 0.2) is 48.7 Å². The van der Waals surface area contributed by atoms with Gasteiger partial charge in [-0.15, -0.1) is 0 Å². The van der Waals surface area contributed by atoms with Crippen LogP contribution in [0.25, 0.3) is 10.9 Å². The van der Waals surface area contributed by atoms with Crippen molar-refractivity contribution in [3.8, 4) is 5.75 Å². The fourth-order valence-electron chi connectivity index (χ4n) is 2.42. The molecule has 0 saturated heterocycles. The molecule has 0 aliphatic heterocycles. The van der Waals surface area contributed by atoms with Crippen molar-refractivity contribution in [3.63, 3.8) is 0 Å². The summed E-state index contributed by atoms with van der Waals surface area (Å²) in [5.41, 5.74) is 2.38. The van der Waals surface area contributed by atoms with E-state index in [1.165, 1.54) is 7.11 Å². The van der Waals surface area contributed by atoms with E-state index < -0.39 is 5.97 Å². The topological polar surface area (TPSA) is 80.4 Å². The molecule has 6 nitrogen and oxygen atoms in total. The molecular weight excluding hydrogens is 308 g/mol. The molecular formula is C18H16N2O4. The number of H-pyrrole nitrogens is 1. The van der Waals surface area contributed by atoms with E-state index in [9.17, 15) is 9.59 Å². The molecule has 6 heteroatoms. The number of anilines is 1. The Morgan fingerprint density at radius 1 is 1.04 bits per heavy atom. The zero-order valence-electron chi connectivity index (χ0n) is 13.3. The molecule has 1 amide bonds. The molecule has 0 unspecified atom stereocenters. The number of amides is 1. The van der Waals surface area contributed by atoms with Crippen LogP contribution in [0.2, 0.25) is 0 Å². The number of benzene rings is 2. The lowest BCUT2D eigenvalue weighted by Crippen LogP contribution is -2.11. The minimum absolute atomic E-state index is 0.250. The molecule has 0 spiro atoms. The Morgan fingerprint density at radius 2 is 1.79 bits per heavy atom. The van der Waals surface area contributed by atoms with Crippen molar-refractivity contribution in [1.29, 1.82) is 0 Å². The van der Waals surface area contributed by atoms with E-state index in [-0.39, 0.29) is 5.91 Å². The maximum absolute atomic E-state index is 12.5. The average Bonchev–Trinajstić information content (AvgIpc) is 3.04. The second-order valence-electron chi connectivity index (χ2n) is 5.14. The number of carbonyl (C=O) groups is 2. The largest absolute Gasteiger partial charge is 0.497 e. The van der Waals surface area contributed by atoms with Gasteiger partial charge in [0.15, 0.2) is 0 Å². The number of nitrogens with one attached hydrogen (secondary N) is 2. The Kier molecular flexibility index (Phi) is 4.20. The molecule has 0 atom stereocenters. The number of methoxy groups -OCH3 is 2. The second kappa shape index (κ2) is 6.45. The van der Waals surface area contributed by atoms with Crippen LogP contribution >= 0.6 is 0 Å². The van der Waals surface area contributed by atoms with Crippen LogP contribution in [0.4, 0.5) is 5.69 Å². The van der Waals surface area contributed by atoms with Gasteiger partial charge < -0.3 is 19.8 Å². The van der Waals surface area contributed by atoms with Gasteiger partial charge in [0, 0.05) is 22.8 Å². The number of esters is 1. The van der Waals surface area contributed by atoms with Gasteiger partial charge in [0.05, 0.1) is 25.3 Å². The van der Waals surface area contributed by atoms with Crippen molar-refractivity contribution in [2.45, 2.75) is 0 Å². The zero-order chi connectivity index (χ0) is 17.1. The molecule has 1 aromatic heterocycles. The number of hydrogen-bond acceptors (Lipinski definition) is 4. The summed E-state index contributed by atoms with van der Waals surface area (Å²) < 4.78 is 9.85. The van der Waals surface area contributed by atoms with Gasteiger partial charge in [-0.1, -0.05) is 0 Å². The normalized spacial score (nSPS) is 10.4. The highest BCUT2D eigenvalue weighted by Crippen LogP contribution is 2.24. The summed E-state index contributed by atoms with van der Waals surface area (Å²) in [5, 5.41) is 3.58. The standard InChI is InChI=1S/C18H16N2O4/c1-23-13-7-8-16-14(9-13)15(10-19-16)17(21)20-12-5-3-11(4-6-12)18(22)24-2/h3-10,19H,1-2H3,(H,20,21). The summed E-state index contributed by atoms with van der Waals surface area (Å²) in [7, 11) is 2.90. The SMILES string of the molecule is COC(=O)c1ccc(NC(=O)c2c[nH]c3ccc(OC)cc23)cc1. The van der Waals surface area contributed by atoms with E-state index in [1.54, 1.807) is 43.6 Å². The summed E-state index contributed by atoms with van der Waals surface area (Å²) in [6.07, 6.45) is 1.66. The fraction of sp³-hybridized carbons (Fsp3) is 0.111. The molecule has 0 fully saturated rings. The van der Waals surface area contributed by atoms with E-state index in [0.29, 0.717) is 22.6 Å². The molecule has 3 rings (SSSR count). The van der Waals surface area contributed by atoms with Crippen LogP contribution in [-0.2, 0) is 4.74 Å². The smallest absolute Gasteiger partial charge is 0.337 e. The number of rotatable bonds is 4. The molecule has 122 valence electrons. The summed E-state index contributed by atoms with van der Waals surface area (Å²) >= 11 is 0. The predicted octanol–water partition coefficient (Wildman–Crippen LogP) is 3.22. The number of aromatic amines is 1. The van der Waals surface area contributed by atoms with Crippen LogP contribution < -0.4 is 10.1 Å². The maximum atomic E-state index is 12.5. The van der Waals surface area contributed by atoms with Gasteiger partial charge in [-0.25, -0.2) is 4.79 Å². The Bertz CT molecular complexity index is 897. The first kappa shape index (κ1) is 15.6. The van der Waals surface area contributed by atoms with Crippen molar-refractivity contribution < 1.29 is 19.1 Å². The maximum Gasteiger partial charge on any atom is 0.337 e. The molecule has 0 aliphatic rings. The van der Waals surface area contributed by atoms with Gasteiger partial charge >= 0.3 is 5.97 Å². The molecule has 0 bridgehead atoms. The second-order valence-corrected chi connectivity index (χ2v) is 5.14. The van der Waals surface area contributed by atoms with E-state index in [4.69, 9.17) is 4.74 Å². The first-order valence-corrected chi connectivity index (χ1v) is 7.27. The summed E-state index contributed by atoms with van der Waals surface area (Å²) in [4.78, 5) is 27.0. The molecule has 3 aromatic rings. The number of ether oxygens (including phenoxy) is 2. The van der Waals surface area contributed by atoms with Crippen LogP contribution in [-0.4, -0.2) is 31.1 Å². The summed E-state index contributed by atoms with van der Waals surface area (Å²) in [6, 6.07) is 12.0. The Labute approximate surface area is 138 Å². The quantitative estimate of drug-likeness (QED) is 0.722. The van der Waals surface area contributed by atoms with Crippen molar-refractivity contribution in [2.24, 2.45) is 0 Å². The third-order valence-corrected chi connectivity index (χ3v) is 3.70. The predicted molar refractivity (Wildman–Crippen MR) is 90.6 cm³/mol. The summed E-state index contributed by atoms with van der Waals surface area (Å²) in [5.74, 6) is 0.00972. The molecule has 24 heavy (non-hydrogen) atoms. The van der Waals surface area contributed by atoms with Gasteiger partial charge in [-0.2, -0.15) is 0 Å². The zero-order valence-corrected chi connectivity index (χ0v) is 13.3. The molecule has 0 saturated carbocycles. The van der Waals surface area contributed by atoms with Gasteiger partial charge in [0.2, 0.25) is 0 Å². The van der Waals surface area contributed by atoms with E-state index in [1.807, 2.05) is 12.1 Å². The lowest BCUT2D eigenvalue weighted by atomic mass is 10.1. The van der Waals surface area contributed by atoms with Gasteiger partial charge in [0.1, 0.15) is 5.75 Å². The molecule has 0 radical (unpaired) electrons. The Morgan fingerprint density at radius 3 is 2.46 bits per heavy atom. The number of hydrogen-bond donors (Lipinski definition) is 2. The van der Waals surface area contributed by atoms with Crippen molar-refractivity contribution in [3.05, 3.63) is 59.8 Å². The first-order chi connectivity index (χ1) is 11.6. The summed E-state index contributed by atoms with van der Waals surface area (Å²) in [6.45, 7) is 0. The first-order valence-electron chi connectivity index (χ1n) is 7.27. The van der Waals surface area contributed by atoms with Crippen molar-refractivity contribution in [1.82, 2.24) is 4.98 Å². The third-order valence-electron chi connectivity index (χ3n) is 3.70. The monoisotopic (exact) mass is 324 g/mol. The van der Waals surface area contributed by atoms with Gasteiger partial charge in [-0.3, -0.25) is 4.79 Å². The molecule has 0 aliphatic carbocycles. The molecule has 1 heterocycles.